The van der Waals surface area contributed by atoms with Gasteiger partial charge in [0.2, 0.25) is 5.91 Å². The third-order valence-electron chi connectivity index (χ3n) is 8.05. The van der Waals surface area contributed by atoms with Gasteiger partial charge in [-0.3, -0.25) is 19.9 Å². The first-order valence-corrected chi connectivity index (χ1v) is 14.1. The number of aromatic amines is 2. The number of halogens is 1. The van der Waals surface area contributed by atoms with Crippen LogP contribution in [0.4, 0.5) is 10.1 Å². The fourth-order valence-corrected chi connectivity index (χ4v) is 5.92. The summed E-state index contributed by atoms with van der Waals surface area (Å²) in [6.45, 7) is 0.470. The van der Waals surface area contributed by atoms with Crippen molar-refractivity contribution in [1.29, 1.82) is 0 Å². The second kappa shape index (κ2) is 10.7. The number of carbonyl (C=O) groups is 1. The topological polar surface area (TPSA) is 108 Å². The number of rotatable bonds is 6. The van der Waals surface area contributed by atoms with E-state index in [0.717, 1.165) is 75.5 Å². The van der Waals surface area contributed by atoms with Crippen molar-refractivity contribution in [2.75, 3.05) is 19.0 Å². The van der Waals surface area contributed by atoms with Crippen molar-refractivity contribution in [1.82, 2.24) is 20.2 Å². The summed E-state index contributed by atoms with van der Waals surface area (Å²) in [4.78, 5) is 25.3. The number of aromatic nitrogens is 4. The third-order valence-corrected chi connectivity index (χ3v) is 8.05. The minimum atomic E-state index is -0.359. The number of methoxy groups -OCH3 is 1. The molecule has 9 heteroatoms. The molecule has 0 atom stereocenters. The normalized spacial score (nSPS) is 15.0. The van der Waals surface area contributed by atoms with Gasteiger partial charge in [-0.1, -0.05) is 31.1 Å². The van der Waals surface area contributed by atoms with Gasteiger partial charge in [-0.25, -0.2) is 4.39 Å². The maximum atomic E-state index is 14.3. The number of amides is 1. The van der Waals surface area contributed by atoms with Crippen LogP contribution in [0.1, 0.15) is 31.2 Å². The predicted octanol–water partition coefficient (Wildman–Crippen LogP) is 5.39. The van der Waals surface area contributed by atoms with Gasteiger partial charge in [0.05, 0.1) is 31.2 Å². The Kier molecular flexibility index (Phi) is 6.62. The van der Waals surface area contributed by atoms with Crippen molar-refractivity contribution in [3.8, 4) is 28.3 Å². The summed E-state index contributed by atoms with van der Waals surface area (Å²) in [7, 11) is 1.53. The maximum absolute atomic E-state index is 14.3. The highest BCUT2D eigenvalue weighted by molar-refractivity contribution is 5.99. The van der Waals surface area contributed by atoms with Crippen LogP contribution < -0.4 is 20.8 Å². The first-order chi connectivity index (χ1) is 20.6. The average Bonchev–Trinajstić information content (AvgIpc) is 3.74. The van der Waals surface area contributed by atoms with Crippen LogP contribution in [0.3, 0.4) is 0 Å². The molecule has 3 N–H and O–H groups in total. The molecular formula is C33H29FN6O2. The lowest BCUT2D eigenvalue weighted by molar-refractivity contribution is -0.119. The Balaban J connectivity index is 1.26. The molecule has 4 heterocycles. The summed E-state index contributed by atoms with van der Waals surface area (Å²) in [5.41, 5.74) is 7.23. The number of allylic oxidation sites excluding steroid dienone is 1. The maximum Gasteiger partial charge on any atom is 0.227 e. The summed E-state index contributed by atoms with van der Waals surface area (Å²) < 4.78 is 19.6. The van der Waals surface area contributed by atoms with Crippen LogP contribution >= 0.6 is 0 Å². The van der Waals surface area contributed by atoms with Gasteiger partial charge in [0.1, 0.15) is 17.3 Å². The van der Waals surface area contributed by atoms with E-state index in [1.165, 1.54) is 19.2 Å². The summed E-state index contributed by atoms with van der Waals surface area (Å²) in [5.74, 6) is 0.242. The molecule has 0 bridgehead atoms. The molecule has 1 amide bonds. The molecule has 2 aromatic carbocycles. The number of ether oxygens (including phenoxy) is 1. The van der Waals surface area contributed by atoms with Crippen molar-refractivity contribution >= 4 is 34.1 Å². The van der Waals surface area contributed by atoms with E-state index in [4.69, 9.17) is 9.73 Å². The molecule has 210 valence electrons. The number of pyridine rings is 1. The van der Waals surface area contributed by atoms with Crippen LogP contribution in [0.15, 0.2) is 72.0 Å². The molecule has 8 nitrogen and oxygen atoms in total. The fourth-order valence-electron chi connectivity index (χ4n) is 5.92. The lowest BCUT2D eigenvalue weighted by Crippen LogP contribution is -2.24. The minimum Gasteiger partial charge on any atom is -0.497 e. The van der Waals surface area contributed by atoms with Gasteiger partial charge in [0, 0.05) is 39.9 Å². The van der Waals surface area contributed by atoms with Gasteiger partial charge in [0.15, 0.2) is 5.49 Å². The summed E-state index contributed by atoms with van der Waals surface area (Å²) in [6.07, 6.45) is 11.7. The highest BCUT2D eigenvalue weighted by Crippen LogP contribution is 2.34. The predicted molar refractivity (Wildman–Crippen MR) is 161 cm³/mol. The number of fused-ring (bicyclic) bond motifs is 2. The Hall–Kier alpha value is -5.05. The number of H-pyrrole nitrogens is 2. The highest BCUT2D eigenvalue weighted by Gasteiger charge is 2.23. The largest absolute Gasteiger partial charge is 0.497 e. The number of nitrogens with one attached hydrogen (secondary N) is 3. The molecule has 0 unspecified atom stereocenters. The highest BCUT2D eigenvalue weighted by atomic mass is 19.1. The lowest BCUT2D eigenvalue weighted by atomic mass is 10.0. The quantitative estimate of drug-likeness (QED) is 0.259. The van der Waals surface area contributed by atoms with Gasteiger partial charge in [-0.05, 0) is 65.9 Å². The molecule has 0 spiro atoms. The van der Waals surface area contributed by atoms with E-state index in [1.54, 1.807) is 12.4 Å². The number of hydrogen-bond acceptors (Lipinski definition) is 5. The number of anilines is 1. The summed E-state index contributed by atoms with van der Waals surface area (Å²) in [5, 5.41) is 12.5. The molecule has 3 aromatic heterocycles. The average molecular weight is 561 g/mol. The van der Waals surface area contributed by atoms with E-state index in [-0.39, 0.29) is 17.6 Å². The van der Waals surface area contributed by atoms with Crippen LogP contribution in [0.25, 0.3) is 45.1 Å². The fraction of sp³-hybridized carbons (Fsp3) is 0.212. The van der Waals surface area contributed by atoms with Crippen LogP contribution in [0.5, 0.6) is 5.75 Å². The number of benzene rings is 2. The first-order valence-electron chi connectivity index (χ1n) is 14.1. The van der Waals surface area contributed by atoms with Gasteiger partial charge in [-0.15, -0.1) is 0 Å². The lowest BCUT2D eigenvalue weighted by Gasteiger charge is -2.11. The van der Waals surface area contributed by atoms with Gasteiger partial charge >= 0.3 is 0 Å². The Morgan fingerprint density at radius 1 is 1.07 bits per heavy atom. The SMILES string of the molecule is COc1cc(F)cc(-c2cccc3[nH]c(-c4n[nH]c5c4=CC(c4cncc(NC(=O)C6CCCC6)c4)=CCN=5)cc23)c1. The van der Waals surface area contributed by atoms with Gasteiger partial charge < -0.3 is 15.0 Å². The van der Waals surface area contributed by atoms with Crippen molar-refractivity contribution in [2.24, 2.45) is 10.9 Å². The van der Waals surface area contributed by atoms with Crippen LogP contribution in [-0.4, -0.2) is 39.7 Å². The van der Waals surface area contributed by atoms with Gasteiger partial charge in [-0.2, -0.15) is 5.10 Å². The van der Waals surface area contributed by atoms with Gasteiger partial charge in [0.25, 0.3) is 0 Å². The van der Waals surface area contributed by atoms with Crippen LogP contribution in [0, 0.1) is 11.7 Å². The first kappa shape index (κ1) is 25.9. The second-order valence-electron chi connectivity index (χ2n) is 10.7. The molecular weight excluding hydrogens is 531 g/mol. The summed E-state index contributed by atoms with van der Waals surface area (Å²) in [6, 6.07) is 14.6. The van der Waals surface area contributed by atoms with E-state index < -0.39 is 0 Å². The van der Waals surface area contributed by atoms with E-state index >= 15 is 0 Å². The van der Waals surface area contributed by atoms with Crippen molar-refractivity contribution in [2.45, 2.75) is 25.7 Å². The monoisotopic (exact) mass is 560 g/mol. The number of carbonyl (C=O) groups excluding carboxylic acids is 1. The zero-order valence-electron chi connectivity index (χ0n) is 23.1. The van der Waals surface area contributed by atoms with Crippen molar-refractivity contribution in [3.05, 3.63) is 89.1 Å². The summed E-state index contributed by atoms with van der Waals surface area (Å²) >= 11 is 0. The van der Waals surface area contributed by atoms with E-state index in [9.17, 15) is 9.18 Å². The smallest absolute Gasteiger partial charge is 0.227 e. The zero-order valence-corrected chi connectivity index (χ0v) is 23.1. The molecule has 1 aliphatic heterocycles. The van der Waals surface area contributed by atoms with Crippen molar-refractivity contribution in [3.63, 3.8) is 0 Å². The molecule has 0 radical (unpaired) electrons. The molecule has 0 saturated heterocycles. The molecule has 2 aliphatic rings. The Morgan fingerprint density at radius 2 is 1.95 bits per heavy atom. The van der Waals surface area contributed by atoms with Crippen LogP contribution in [0.2, 0.25) is 0 Å². The van der Waals surface area contributed by atoms with Crippen molar-refractivity contribution < 1.29 is 13.9 Å². The molecule has 1 saturated carbocycles. The Labute approximate surface area is 241 Å². The molecule has 1 aliphatic carbocycles. The zero-order chi connectivity index (χ0) is 28.6. The molecule has 1 fully saturated rings. The number of hydrogen-bond donors (Lipinski definition) is 3. The molecule has 7 rings (SSSR count). The van der Waals surface area contributed by atoms with E-state index in [0.29, 0.717) is 23.5 Å². The third kappa shape index (κ3) is 4.87. The van der Waals surface area contributed by atoms with E-state index in [1.807, 2.05) is 48.6 Å². The van der Waals surface area contributed by atoms with E-state index in [2.05, 4.69) is 25.5 Å². The standard InChI is InChI=1S/C33H29FN6O2/c1-42-25-13-21(11-23(34)15-25)26-7-4-8-29-27(26)16-30(38-29)31-28-14-20(9-10-36-32(28)40-39-31)22-12-24(18-35-17-22)37-33(41)19-5-2-3-6-19/h4,7-9,11-19,38H,2-3,5-6,10H2,1H3,(H,36,40)(H,37,41). The van der Waals surface area contributed by atoms with Crippen LogP contribution in [-0.2, 0) is 4.79 Å². The Morgan fingerprint density at radius 3 is 2.81 bits per heavy atom. The number of nitrogens with zero attached hydrogens (tertiary/aromatic N) is 3. The Bertz CT molecular complexity index is 1980. The second-order valence-corrected chi connectivity index (χ2v) is 10.7. The molecule has 5 aromatic rings. The molecule has 42 heavy (non-hydrogen) atoms. The minimum absolute atomic E-state index is 0.0644.